The summed E-state index contributed by atoms with van der Waals surface area (Å²) in [6.07, 6.45) is 5.35. The third-order valence-electron chi connectivity index (χ3n) is 3.73. The van der Waals surface area contributed by atoms with Gasteiger partial charge in [-0.2, -0.15) is 0 Å². The third kappa shape index (κ3) is 3.48. The van der Waals surface area contributed by atoms with Crippen LogP contribution in [0.15, 0.2) is 73.1 Å². The molecule has 4 nitrogen and oxygen atoms in total. The molecule has 0 fully saturated rings. The zero-order valence-electron chi connectivity index (χ0n) is 13.1. The molecule has 116 valence electrons. The predicted molar refractivity (Wildman–Crippen MR) is 88.8 cm³/mol. The van der Waals surface area contributed by atoms with E-state index in [1.54, 1.807) is 0 Å². The van der Waals surface area contributed by atoms with E-state index in [9.17, 15) is 4.79 Å². The summed E-state index contributed by atoms with van der Waals surface area (Å²) in [5.74, 6) is -0.335. The van der Waals surface area contributed by atoms with Crippen LogP contribution < -0.4 is 4.57 Å². The van der Waals surface area contributed by atoms with Gasteiger partial charge in [-0.25, -0.2) is 13.9 Å². The van der Waals surface area contributed by atoms with Gasteiger partial charge in [-0.1, -0.05) is 42.5 Å². The molecule has 3 rings (SSSR count). The molecule has 0 saturated heterocycles. The van der Waals surface area contributed by atoms with E-state index in [2.05, 4.69) is 44.5 Å². The summed E-state index contributed by atoms with van der Waals surface area (Å²) < 4.78 is 8.96. The van der Waals surface area contributed by atoms with Crippen molar-refractivity contribution >= 4 is 17.0 Å². The van der Waals surface area contributed by atoms with E-state index in [1.165, 1.54) is 24.3 Å². The van der Waals surface area contributed by atoms with Gasteiger partial charge in [0.05, 0.1) is 7.11 Å². The van der Waals surface area contributed by atoms with Crippen LogP contribution in [0.4, 0.5) is 0 Å². The van der Waals surface area contributed by atoms with Crippen molar-refractivity contribution < 1.29 is 14.1 Å². The highest BCUT2D eigenvalue weighted by Crippen LogP contribution is 2.12. The number of allylic oxidation sites excluding steroid dienone is 1. The minimum absolute atomic E-state index is 0.335. The number of carbonyl (C=O) groups is 1. The molecule has 1 heterocycles. The topological polar surface area (TPSA) is 35.1 Å². The average Bonchev–Trinajstić information content (AvgIpc) is 2.94. The van der Waals surface area contributed by atoms with E-state index >= 15 is 0 Å². The Morgan fingerprint density at radius 2 is 1.87 bits per heavy atom. The first kappa shape index (κ1) is 15.0. The molecule has 2 aromatic carbocycles. The Balaban J connectivity index is 1.90. The lowest BCUT2D eigenvalue weighted by Gasteiger charge is -1.97. The number of aromatic nitrogens is 2. The summed E-state index contributed by atoms with van der Waals surface area (Å²) in [6.45, 7) is 1.44. The second kappa shape index (κ2) is 6.92. The van der Waals surface area contributed by atoms with Crippen molar-refractivity contribution in [3.8, 4) is 0 Å². The highest BCUT2D eigenvalue weighted by atomic mass is 16.5. The Kier molecular flexibility index (Phi) is 4.52. The molecule has 0 aliphatic rings. The summed E-state index contributed by atoms with van der Waals surface area (Å²) in [5.41, 5.74) is 3.56. The maximum atomic E-state index is 11.2. The van der Waals surface area contributed by atoms with Gasteiger partial charge in [0.25, 0.3) is 0 Å². The number of para-hydroxylation sites is 2. The monoisotopic (exact) mass is 307 g/mol. The molecule has 0 aliphatic carbocycles. The zero-order chi connectivity index (χ0) is 16.1. The lowest BCUT2D eigenvalue weighted by Crippen LogP contribution is -2.32. The highest BCUT2D eigenvalue weighted by Gasteiger charge is 2.14. The van der Waals surface area contributed by atoms with Crippen LogP contribution in [0.3, 0.4) is 0 Å². The zero-order valence-corrected chi connectivity index (χ0v) is 13.1. The number of fused-ring (bicyclic) bond motifs is 1. The molecule has 1 aromatic heterocycles. The Morgan fingerprint density at radius 1 is 1.13 bits per heavy atom. The number of esters is 1. The number of rotatable bonds is 5. The van der Waals surface area contributed by atoms with Crippen LogP contribution >= 0.6 is 0 Å². The SMILES string of the molecule is COC(=O)/C=C/Cn1c[n+](Cc2ccccc2)c2ccccc21. The molecular weight excluding hydrogens is 288 g/mol. The fourth-order valence-corrected chi connectivity index (χ4v) is 2.62. The van der Waals surface area contributed by atoms with Crippen LogP contribution in [-0.4, -0.2) is 17.6 Å². The van der Waals surface area contributed by atoms with Gasteiger partial charge >= 0.3 is 5.97 Å². The normalized spacial score (nSPS) is 11.2. The fraction of sp³-hybridized carbons (Fsp3) is 0.158. The molecule has 0 spiro atoms. The second-order valence-corrected chi connectivity index (χ2v) is 5.30. The molecular formula is C19H19N2O2+. The largest absolute Gasteiger partial charge is 0.466 e. The van der Waals surface area contributed by atoms with Crippen molar-refractivity contribution in [2.75, 3.05) is 7.11 Å². The summed E-state index contributed by atoms with van der Waals surface area (Å²) in [4.78, 5) is 11.2. The number of hydrogen-bond donors (Lipinski definition) is 0. The van der Waals surface area contributed by atoms with Crippen molar-refractivity contribution in [3.63, 3.8) is 0 Å². The van der Waals surface area contributed by atoms with Crippen LogP contribution in [0, 0.1) is 0 Å². The minimum Gasteiger partial charge on any atom is -0.466 e. The minimum atomic E-state index is -0.335. The molecule has 0 amide bonds. The maximum Gasteiger partial charge on any atom is 0.330 e. The average molecular weight is 307 g/mol. The number of benzene rings is 2. The van der Waals surface area contributed by atoms with Crippen LogP contribution in [0.1, 0.15) is 5.56 Å². The quantitative estimate of drug-likeness (QED) is 0.413. The lowest BCUT2D eigenvalue weighted by molar-refractivity contribution is -0.663. The molecule has 0 bridgehead atoms. The molecule has 0 aliphatic heterocycles. The van der Waals surface area contributed by atoms with Gasteiger partial charge in [-0.3, -0.25) is 0 Å². The Hall–Kier alpha value is -2.88. The smallest absolute Gasteiger partial charge is 0.330 e. The Morgan fingerprint density at radius 3 is 2.65 bits per heavy atom. The molecule has 0 atom stereocenters. The van der Waals surface area contributed by atoms with Gasteiger partial charge in [0.2, 0.25) is 6.33 Å². The van der Waals surface area contributed by atoms with E-state index in [0.717, 1.165) is 12.1 Å². The lowest BCUT2D eigenvalue weighted by atomic mass is 10.2. The maximum absolute atomic E-state index is 11.2. The van der Waals surface area contributed by atoms with Crippen molar-refractivity contribution in [2.45, 2.75) is 13.1 Å². The Labute approximate surface area is 135 Å². The van der Waals surface area contributed by atoms with E-state index < -0.39 is 0 Å². The number of ether oxygens (including phenoxy) is 1. The van der Waals surface area contributed by atoms with Gasteiger partial charge in [0.15, 0.2) is 11.0 Å². The first-order valence-corrected chi connectivity index (χ1v) is 7.53. The summed E-state index contributed by atoms with van der Waals surface area (Å²) >= 11 is 0. The summed E-state index contributed by atoms with van der Waals surface area (Å²) in [6, 6.07) is 18.6. The molecule has 0 unspecified atom stereocenters. The fourth-order valence-electron chi connectivity index (χ4n) is 2.62. The van der Waals surface area contributed by atoms with Crippen molar-refractivity contribution in [3.05, 3.63) is 78.6 Å². The van der Waals surface area contributed by atoms with Gasteiger partial charge in [0, 0.05) is 6.08 Å². The summed E-state index contributed by atoms with van der Waals surface area (Å²) in [7, 11) is 1.38. The van der Waals surface area contributed by atoms with Gasteiger partial charge in [-0.15, -0.1) is 0 Å². The number of nitrogens with zero attached hydrogens (tertiary/aromatic N) is 2. The van der Waals surface area contributed by atoms with Crippen LogP contribution in [0.5, 0.6) is 0 Å². The molecule has 3 aromatic rings. The molecule has 4 heteroatoms. The third-order valence-corrected chi connectivity index (χ3v) is 3.73. The number of carbonyl (C=O) groups excluding carboxylic acids is 1. The number of methoxy groups -OCH3 is 1. The van der Waals surface area contributed by atoms with Gasteiger partial charge < -0.3 is 4.74 Å². The predicted octanol–water partition coefficient (Wildman–Crippen LogP) is 2.71. The second-order valence-electron chi connectivity index (χ2n) is 5.30. The van der Waals surface area contributed by atoms with E-state index in [1.807, 2.05) is 36.4 Å². The van der Waals surface area contributed by atoms with Crippen molar-refractivity contribution in [1.82, 2.24) is 4.57 Å². The van der Waals surface area contributed by atoms with Gasteiger partial charge in [0.1, 0.15) is 13.1 Å². The molecule has 0 N–H and O–H groups in total. The van der Waals surface area contributed by atoms with Crippen LogP contribution in [0.2, 0.25) is 0 Å². The van der Waals surface area contributed by atoms with E-state index in [4.69, 9.17) is 0 Å². The molecule has 0 saturated carbocycles. The van der Waals surface area contributed by atoms with Gasteiger partial charge in [-0.05, 0) is 23.8 Å². The van der Waals surface area contributed by atoms with E-state index in [-0.39, 0.29) is 5.97 Å². The van der Waals surface area contributed by atoms with Crippen molar-refractivity contribution in [1.29, 1.82) is 0 Å². The standard InChI is InChI=1S/C19H19N2O2/c1-23-19(22)12-7-13-20-15-21(14-16-8-3-2-4-9-16)18-11-6-5-10-17(18)20/h2-12,15H,13-14H2,1H3/q+1/b12-7+. The highest BCUT2D eigenvalue weighted by molar-refractivity contribution is 5.81. The first-order valence-electron chi connectivity index (χ1n) is 7.53. The van der Waals surface area contributed by atoms with Crippen LogP contribution in [-0.2, 0) is 22.6 Å². The Bertz CT molecular complexity index is 835. The molecule has 0 radical (unpaired) electrons. The van der Waals surface area contributed by atoms with E-state index in [0.29, 0.717) is 6.54 Å². The summed E-state index contributed by atoms with van der Waals surface area (Å²) in [5, 5.41) is 0. The molecule has 23 heavy (non-hydrogen) atoms. The number of hydrogen-bond acceptors (Lipinski definition) is 2. The number of imidazole rings is 1. The van der Waals surface area contributed by atoms with Crippen molar-refractivity contribution in [2.24, 2.45) is 0 Å². The first-order chi connectivity index (χ1) is 11.3. The van der Waals surface area contributed by atoms with Crippen LogP contribution in [0.25, 0.3) is 11.0 Å².